The SMILES string of the molecule is CCc1sc2nc(SCC(=O)Nc3ccccc3F)n(-c3cccc(OC)c3)c(=O)c2c1C. The Hall–Kier alpha value is -3.17. The molecular weight excluding hydrogens is 461 g/mol. The Kier molecular flexibility index (Phi) is 6.80. The molecule has 0 aliphatic heterocycles. The van der Waals surface area contributed by atoms with E-state index in [2.05, 4.69) is 5.32 Å². The zero-order chi connectivity index (χ0) is 23.5. The number of aryl methyl sites for hydroxylation is 2. The van der Waals surface area contributed by atoms with Gasteiger partial charge in [0, 0.05) is 10.9 Å². The summed E-state index contributed by atoms with van der Waals surface area (Å²) >= 11 is 2.61. The van der Waals surface area contributed by atoms with Crippen molar-refractivity contribution in [2.45, 2.75) is 25.4 Å². The number of rotatable bonds is 7. The molecule has 0 radical (unpaired) electrons. The molecule has 0 unspecified atom stereocenters. The minimum atomic E-state index is -0.509. The van der Waals surface area contributed by atoms with Crippen LogP contribution in [0.2, 0.25) is 0 Å². The van der Waals surface area contributed by atoms with E-state index in [4.69, 9.17) is 9.72 Å². The monoisotopic (exact) mass is 483 g/mol. The lowest BCUT2D eigenvalue weighted by molar-refractivity contribution is -0.113. The number of hydrogen-bond acceptors (Lipinski definition) is 6. The van der Waals surface area contributed by atoms with Crippen molar-refractivity contribution in [1.29, 1.82) is 0 Å². The predicted molar refractivity (Wildman–Crippen MR) is 132 cm³/mol. The highest BCUT2D eigenvalue weighted by atomic mass is 32.2. The average Bonchev–Trinajstić information content (AvgIpc) is 3.14. The number of hydrogen-bond donors (Lipinski definition) is 1. The molecule has 1 N–H and O–H groups in total. The molecule has 2 aromatic carbocycles. The van der Waals surface area contributed by atoms with Crippen molar-refractivity contribution >= 4 is 44.9 Å². The molecule has 0 aliphatic carbocycles. The average molecular weight is 484 g/mol. The van der Waals surface area contributed by atoms with Gasteiger partial charge >= 0.3 is 0 Å². The number of methoxy groups -OCH3 is 1. The third-order valence-electron chi connectivity index (χ3n) is 5.15. The molecular formula is C24H22FN3O3S2. The lowest BCUT2D eigenvalue weighted by Crippen LogP contribution is -2.23. The number of thiophene rings is 1. The number of nitrogens with zero attached hydrogens (tertiary/aromatic N) is 2. The summed E-state index contributed by atoms with van der Waals surface area (Å²) in [6, 6.07) is 13.1. The fraction of sp³-hybridized carbons (Fsp3) is 0.208. The lowest BCUT2D eigenvalue weighted by atomic mass is 10.2. The standard InChI is InChI=1S/C24H22FN3O3S2/c1-4-19-14(2)21-22(33-19)27-24(28(23(21)30)15-8-7-9-16(12-15)31-3)32-13-20(29)26-18-11-6-5-10-17(18)25/h5-12H,4,13H2,1-3H3,(H,26,29). The summed E-state index contributed by atoms with van der Waals surface area (Å²) in [6.07, 6.45) is 0.805. The number of aromatic nitrogens is 2. The number of thioether (sulfide) groups is 1. The summed E-state index contributed by atoms with van der Waals surface area (Å²) in [4.78, 5) is 32.6. The van der Waals surface area contributed by atoms with Gasteiger partial charge in [0.1, 0.15) is 16.4 Å². The molecule has 0 fully saturated rings. The van der Waals surface area contributed by atoms with Gasteiger partial charge in [0.25, 0.3) is 5.56 Å². The van der Waals surface area contributed by atoms with Crippen LogP contribution >= 0.6 is 23.1 Å². The van der Waals surface area contributed by atoms with Gasteiger partial charge in [-0.25, -0.2) is 9.37 Å². The Balaban J connectivity index is 1.75. The zero-order valence-corrected chi connectivity index (χ0v) is 20.0. The fourth-order valence-electron chi connectivity index (χ4n) is 3.50. The maximum atomic E-state index is 13.9. The number of carbonyl (C=O) groups excluding carboxylic acids is 1. The molecule has 0 atom stereocenters. The number of benzene rings is 2. The molecule has 4 aromatic rings. The van der Waals surface area contributed by atoms with Gasteiger partial charge in [-0.2, -0.15) is 0 Å². The number of para-hydroxylation sites is 1. The second-order valence-electron chi connectivity index (χ2n) is 7.24. The molecule has 0 saturated heterocycles. The summed E-state index contributed by atoms with van der Waals surface area (Å²) in [6.45, 7) is 3.98. The van der Waals surface area contributed by atoms with Crippen LogP contribution in [0.5, 0.6) is 5.75 Å². The van der Waals surface area contributed by atoms with E-state index < -0.39 is 11.7 Å². The van der Waals surface area contributed by atoms with E-state index in [-0.39, 0.29) is 17.0 Å². The van der Waals surface area contributed by atoms with Gasteiger partial charge in [-0.3, -0.25) is 14.2 Å². The van der Waals surface area contributed by atoms with Gasteiger partial charge in [-0.1, -0.05) is 36.9 Å². The lowest BCUT2D eigenvalue weighted by Gasteiger charge is -2.13. The summed E-state index contributed by atoms with van der Waals surface area (Å²) in [5, 5.41) is 3.53. The van der Waals surface area contributed by atoms with Crippen molar-refractivity contribution in [1.82, 2.24) is 9.55 Å². The molecule has 33 heavy (non-hydrogen) atoms. The van der Waals surface area contributed by atoms with E-state index in [1.54, 1.807) is 43.5 Å². The molecule has 9 heteroatoms. The van der Waals surface area contributed by atoms with Gasteiger partial charge in [-0.05, 0) is 43.2 Å². The maximum Gasteiger partial charge on any atom is 0.267 e. The van der Waals surface area contributed by atoms with Crippen LogP contribution in [0, 0.1) is 12.7 Å². The van der Waals surface area contributed by atoms with Gasteiger partial charge in [-0.15, -0.1) is 11.3 Å². The number of ether oxygens (including phenoxy) is 1. The first-order valence-electron chi connectivity index (χ1n) is 10.3. The van der Waals surface area contributed by atoms with Crippen molar-refractivity contribution in [2.75, 3.05) is 18.2 Å². The quantitative estimate of drug-likeness (QED) is 0.289. The minimum absolute atomic E-state index is 0.0404. The van der Waals surface area contributed by atoms with Crippen LogP contribution in [0.3, 0.4) is 0 Å². The zero-order valence-electron chi connectivity index (χ0n) is 18.3. The third kappa shape index (κ3) is 4.65. The number of anilines is 1. The minimum Gasteiger partial charge on any atom is -0.497 e. The van der Waals surface area contributed by atoms with E-state index in [1.165, 1.54) is 28.0 Å². The van der Waals surface area contributed by atoms with Crippen LogP contribution in [0.15, 0.2) is 58.5 Å². The van der Waals surface area contributed by atoms with Crippen molar-refractivity contribution in [3.8, 4) is 11.4 Å². The molecule has 4 rings (SSSR count). The molecule has 0 aliphatic rings. The largest absolute Gasteiger partial charge is 0.497 e. The molecule has 0 saturated carbocycles. The third-order valence-corrected chi connectivity index (χ3v) is 7.41. The molecule has 2 heterocycles. The summed E-state index contributed by atoms with van der Waals surface area (Å²) in [5.41, 5.74) is 1.44. The van der Waals surface area contributed by atoms with Crippen molar-refractivity contribution in [2.24, 2.45) is 0 Å². The van der Waals surface area contributed by atoms with Crippen molar-refractivity contribution in [3.05, 3.63) is 75.1 Å². The van der Waals surface area contributed by atoms with Crippen LogP contribution in [0.25, 0.3) is 15.9 Å². The topological polar surface area (TPSA) is 73.2 Å². The van der Waals surface area contributed by atoms with E-state index in [0.717, 1.165) is 28.6 Å². The molecule has 170 valence electrons. The highest BCUT2D eigenvalue weighted by Gasteiger charge is 2.20. The van der Waals surface area contributed by atoms with Crippen molar-refractivity contribution in [3.63, 3.8) is 0 Å². The van der Waals surface area contributed by atoms with Gasteiger partial charge in [0.2, 0.25) is 5.91 Å². The van der Waals surface area contributed by atoms with E-state index in [1.807, 2.05) is 13.8 Å². The first kappa shape index (κ1) is 23.0. The Bertz CT molecular complexity index is 1400. The maximum absolute atomic E-state index is 13.9. The summed E-state index contributed by atoms with van der Waals surface area (Å²) < 4.78 is 20.7. The number of amides is 1. The number of carbonyl (C=O) groups is 1. The molecule has 1 amide bonds. The predicted octanol–water partition coefficient (Wildman–Crippen LogP) is 5.20. The van der Waals surface area contributed by atoms with E-state index >= 15 is 0 Å². The first-order chi connectivity index (χ1) is 15.9. The summed E-state index contributed by atoms with van der Waals surface area (Å²) in [5.74, 6) is -0.344. The van der Waals surface area contributed by atoms with Crippen LogP contribution in [-0.2, 0) is 11.2 Å². The normalized spacial score (nSPS) is 11.0. The Morgan fingerprint density at radius 3 is 2.76 bits per heavy atom. The Morgan fingerprint density at radius 2 is 2.03 bits per heavy atom. The van der Waals surface area contributed by atoms with Crippen LogP contribution in [0.4, 0.5) is 10.1 Å². The second-order valence-corrected chi connectivity index (χ2v) is 9.26. The highest BCUT2D eigenvalue weighted by Crippen LogP contribution is 2.31. The molecule has 2 aromatic heterocycles. The van der Waals surface area contributed by atoms with Crippen molar-refractivity contribution < 1.29 is 13.9 Å². The number of fused-ring (bicyclic) bond motifs is 1. The molecule has 0 spiro atoms. The van der Waals surface area contributed by atoms with E-state index in [0.29, 0.717) is 26.8 Å². The van der Waals surface area contributed by atoms with E-state index in [9.17, 15) is 14.0 Å². The molecule has 6 nitrogen and oxygen atoms in total. The summed E-state index contributed by atoms with van der Waals surface area (Å²) in [7, 11) is 1.56. The van der Waals surface area contributed by atoms with Gasteiger partial charge < -0.3 is 10.1 Å². The Labute approximate surface area is 198 Å². The molecule has 0 bridgehead atoms. The fourth-order valence-corrected chi connectivity index (χ4v) is 5.47. The van der Waals surface area contributed by atoms with Gasteiger partial charge in [0.05, 0.1) is 29.6 Å². The number of halogens is 1. The highest BCUT2D eigenvalue weighted by molar-refractivity contribution is 7.99. The first-order valence-corrected chi connectivity index (χ1v) is 12.1. The van der Waals surface area contributed by atoms with Crippen LogP contribution in [0.1, 0.15) is 17.4 Å². The second kappa shape index (κ2) is 9.76. The van der Waals surface area contributed by atoms with Crippen LogP contribution < -0.4 is 15.6 Å². The number of nitrogens with one attached hydrogen (secondary N) is 1. The Morgan fingerprint density at radius 1 is 1.24 bits per heavy atom. The van der Waals surface area contributed by atoms with Gasteiger partial charge in [0.15, 0.2) is 5.16 Å². The smallest absolute Gasteiger partial charge is 0.267 e. The van der Waals surface area contributed by atoms with Crippen LogP contribution in [-0.4, -0.2) is 28.3 Å².